The fraction of sp³-hybridized carbons (Fsp3) is 0.882. The fourth-order valence-corrected chi connectivity index (χ4v) is 2.68. The molecule has 5 heteroatoms. The molecule has 0 aromatic heterocycles. The molecule has 128 valence electrons. The van der Waals surface area contributed by atoms with Crippen LogP contribution in [0.4, 0.5) is 4.79 Å². The molecule has 0 unspecified atom stereocenters. The highest BCUT2D eigenvalue weighted by molar-refractivity contribution is 5.81. The van der Waals surface area contributed by atoms with Gasteiger partial charge in [0.15, 0.2) is 0 Å². The van der Waals surface area contributed by atoms with Gasteiger partial charge in [0, 0.05) is 32.0 Å². The minimum absolute atomic E-state index is 0.0940. The van der Waals surface area contributed by atoms with Gasteiger partial charge in [-0.15, -0.1) is 0 Å². The minimum Gasteiger partial charge on any atom is -0.444 e. The first-order valence-corrected chi connectivity index (χ1v) is 8.45. The summed E-state index contributed by atoms with van der Waals surface area (Å²) in [4.78, 5) is 25.8. The second kappa shape index (κ2) is 9.13. The van der Waals surface area contributed by atoms with Crippen LogP contribution in [-0.4, -0.2) is 47.2 Å². The zero-order valence-electron chi connectivity index (χ0n) is 14.3. The second-order valence-corrected chi connectivity index (χ2v) is 7.10. The summed E-state index contributed by atoms with van der Waals surface area (Å²) < 4.78 is 5.36. The first-order valence-electron chi connectivity index (χ1n) is 8.45. The second-order valence-electron chi connectivity index (χ2n) is 7.10. The van der Waals surface area contributed by atoms with Crippen molar-refractivity contribution in [1.82, 2.24) is 4.90 Å². The lowest BCUT2D eigenvalue weighted by molar-refractivity contribution is -0.124. The molecule has 0 aromatic carbocycles. The molecule has 1 aliphatic heterocycles. The van der Waals surface area contributed by atoms with Crippen molar-refractivity contribution in [2.24, 2.45) is 5.92 Å². The molecule has 22 heavy (non-hydrogen) atoms. The highest BCUT2D eigenvalue weighted by Gasteiger charge is 2.29. The number of unbranched alkanes of at least 4 members (excludes halogenated alkanes) is 3. The maximum atomic E-state index is 12.2. The van der Waals surface area contributed by atoms with Crippen molar-refractivity contribution in [3.63, 3.8) is 0 Å². The standard InChI is InChI=1S/C17H31NO4/c1-17(2,3)22-16(21)18-11-9-14(10-12-18)15(20)8-6-4-5-7-13-19/h14,19H,4-13H2,1-3H3. The number of aliphatic hydroxyl groups excluding tert-OH is 1. The van der Waals surface area contributed by atoms with Crippen LogP contribution >= 0.6 is 0 Å². The number of Topliss-reactive ketones (excluding diaryl/α,β-unsaturated/α-hetero) is 1. The summed E-state index contributed by atoms with van der Waals surface area (Å²) in [6.07, 6.45) is 5.56. The zero-order valence-corrected chi connectivity index (χ0v) is 14.3. The van der Waals surface area contributed by atoms with Crippen LogP contribution < -0.4 is 0 Å². The van der Waals surface area contributed by atoms with Crippen LogP contribution in [0.1, 0.15) is 65.7 Å². The topological polar surface area (TPSA) is 66.8 Å². The smallest absolute Gasteiger partial charge is 0.410 e. The quantitative estimate of drug-likeness (QED) is 0.733. The molecule has 0 atom stereocenters. The number of rotatable bonds is 7. The Bertz CT molecular complexity index is 354. The van der Waals surface area contributed by atoms with Crippen molar-refractivity contribution in [3.05, 3.63) is 0 Å². The van der Waals surface area contributed by atoms with Crippen molar-refractivity contribution in [3.8, 4) is 0 Å². The molecule has 0 aromatic rings. The number of carbonyl (C=O) groups excluding carboxylic acids is 2. The molecule has 1 aliphatic rings. The fourth-order valence-electron chi connectivity index (χ4n) is 2.68. The summed E-state index contributed by atoms with van der Waals surface area (Å²) in [5.74, 6) is 0.421. The number of aliphatic hydroxyl groups is 1. The highest BCUT2D eigenvalue weighted by atomic mass is 16.6. The molecular weight excluding hydrogens is 282 g/mol. The molecule has 0 radical (unpaired) electrons. The first kappa shape index (κ1) is 18.9. The molecule has 1 fully saturated rings. The van der Waals surface area contributed by atoms with Crippen molar-refractivity contribution >= 4 is 11.9 Å². The lowest BCUT2D eigenvalue weighted by Crippen LogP contribution is -2.42. The zero-order chi connectivity index (χ0) is 16.6. The van der Waals surface area contributed by atoms with E-state index in [1.54, 1.807) is 4.90 Å². The number of amides is 1. The monoisotopic (exact) mass is 313 g/mol. The Labute approximate surface area is 134 Å². The number of ketones is 1. The Balaban J connectivity index is 2.24. The summed E-state index contributed by atoms with van der Waals surface area (Å²) in [6, 6.07) is 0. The van der Waals surface area contributed by atoms with Crippen LogP contribution in [0.5, 0.6) is 0 Å². The van der Waals surface area contributed by atoms with Gasteiger partial charge in [-0.3, -0.25) is 4.79 Å². The van der Waals surface area contributed by atoms with Crippen molar-refractivity contribution in [2.45, 2.75) is 71.3 Å². The maximum absolute atomic E-state index is 12.2. The third kappa shape index (κ3) is 7.25. The molecule has 0 spiro atoms. The Hall–Kier alpha value is -1.10. The molecule has 0 bridgehead atoms. The first-order chi connectivity index (χ1) is 10.3. The molecule has 1 rings (SSSR count). The SMILES string of the molecule is CC(C)(C)OC(=O)N1CCC(C(=O)CCCCCCO)CC1. The lowest BCUT2D eigenvalue weighted by atomic mass is 9.90. The molecule has 0 saturated carbocycles. The third-order valence-electron chi connectivity index (χ3n) is 3.93. The molecule has 5 nitrogen and oxygen atoms in total. The van der Waals surface area contributed by atoms with E-state index in [1.165, 1.54) is 0 Å². The summed E-state index contributed by atoms with van der Waals surface area (Å²) in [7, 11) is 0. The van der Waals surface area contributed by atoms with E-state index in [2.05, 4.69) is 0 Å². The van der Waals surface area contributed by atoms with Gasteiger partial charge in [0.25, 0.3) is 0 Å². The van der Waals surface area contributed by atoms with Gasteiger partial charge >= 0.3 is 6.09 Å². The number of carbonyl (C=O) groups is 2. The predicted octanol–water partition coefficient (Wildman–Crippen LogP) is 3.15. The van der Waals surface area contributed by atoms with Gasteiger partial charge in [-0.2, -0.15) is 0 Å². The molecule has 1 N–H and O–H groups in total. The van der Waals surface area contributed by atoms with Crippen LogP contribution in [0.2, 0.25) is 0 Å². The molecular formula is C17H31NO4. The van der Waals surface area contributed by atoms with Crippen LogP contribution in [0.15, 0.2) is 0 Å². The van der Waals surface area contributed by atoms with E-state index in [-0.39, 0.29) is 18.6 Å². The number of likely N-dealkylation sites (tertiary alicyclic amines) is 1. The van der Waals surface area contributed by atoms with E-state index >= 15 is 0 Å². The van der Waals surface area contributed by atoms with E-state index in [4.69, 9.17) is 9.84 Å². The van der Waals surface area contributed by atoms with E-state index in [9.17, 15) is 9.59 Å². The van der Waals surface area contributed by atoms with E-state index < -0.39 is 5.60 Å². The van der Waals surface area contributed by atoms with E-state index in [1.807, 2.05) is 20.8 Å². The molecule has 1 saturated heterocycles. The largest absolute Gasteiger partial charge is 0.444 e. The van der Waals surface area contributed by atoms with Crippen molar-refractivity contribution in [1.29, 1.82) is 0 Å². The average molecular weight is 313 g/mol. The van der Waals surface area contributed by atoms with Gasteiger partial charge in [-0.05, 0) is 46.5 Å². The van der Waals surface area contributed by atoms with Crippen LogP contribution in [0.3, 0.4) is 0 Å². The van der Waals surface area contributed by atoms with E-state index in [0.29, 0.717) is 25.3 Å². The minimum atomic E-state index is -0.474. The maximum Gasteiger partial charge on any atom is 0.410 e. The summed E-state index contributed by atoms with van der Waals surface area (Å²) in [5.41, 5.74) is -0.474. The highest BCUT2D eigenvalue weighted by Crippen LogP contribution is 2.22. The van der Waals surface area contributed by atoms with E-state index in [0.717, 1.165) is 38.5 Å². The molecule has 1 amide bonds. The Morgan fingerprint density at radius 1 is 1.09 bits per heavy atom. The van der Waals surface area contributed by atoms with Crippen LogP contribution in [0.25, 0.3) is 0 Å². The number of ether oxygens (including phenoxy) is 1. The van der Waals surface area contributed by atoms with Gasteiger partial charge in [0.1, 0.15) is 11.4 Å². The summed E-state index contributed by atoms with van der Waals surface area (Å²) in [5, 5.41) is 8.71. The number of hydrogen-bond acceptors (Lipinski definition) is 4. The van der Waals surface area contributed by atoms with Gasteiger partial charge in [-0.1, -0.05) is 12.8 Å². The Kier molecular flexibility index (Phi) is 7.87. The van der Waals surface area contributed by atoms with Gasteiger partial charge in [0.2, 0.25) is 0 Å². The predicted molar refractivity (Wildman–Crippen MR) is 85.7 cm³/mol. The number of nitrogens with zero attached hydrogens (tertiary/aromatic N) is 1. The average Bonchev–Trinajstić information content (AvgIpc) is 2.45. The van der Waals surface area contributed by atoms with Crippen LogP contribution in [0, 0.1) is 5.92 Å². The van der Waals surface area contributed by atoms with Crippen molar-refractivity contribution in [2.75, 3.05) is 19.7 Å². The lowest BCUT2D eigenvalue weighted by Gasteiger charge is -2.33. The third-order valence-corrected chi connectivity index (χ3v) is 3.93. The molecule has 1 heterocycles. The van der Waals surface area contributed by atoms with Crippen molar-refractivity contribution < 1.29 is 19.4 Å². The summed E-state index contributed by atoms with van der Waals surface area (Å²) in [6.45, 7) is 7.02. The van der Waals surface area contributed by atoms with Gasteiger partial charge in [-0.25, -0.2) is 4.79 Å². The number of hydrogen-bond donors (Lipinski definition) is 1. The van der Waals surface area contributed by atoms with Gasteiger partial charge in [0.05, 0.1) is 0 Å². The summed E-state index contributed by atoms with van der Waals surface area (Å²) >= 11 is 0. The Morgan fingerprint density at radius 3 is 2.23 bits per heavy atom. The van der Waals surface area contributed by atoms with Gasteiger partial charge < -0.3 is 14.7 Å². The Morgan fingerprint density at radius 2 is 1.68 bits per heavy atom. The van der Waals surface area contributed by atoms with Crippen LogP contribution in [-0.2, 0) is 9.53 Å². The molecule has 0 aliphatic carbocycles. The number of piperidine rings is 1. The normalized spacial score (nSPS) is 16.6.